The van der Waals surface area contributed by atoms with E-state index in [-0.39, 0.29) is 5.41 Å². The quantitative estimate of drug-likeness (QED) is 0.610. The molecule has 0 aromatic carbocycles. The van der Waals surface area contributed by atoms with Crippen molar-refractivity contribution in [3.05, 3.63) is 23.8 Å². The molecular weight excluding hydrogens is 196 g/mol. The number of allylic oxidation sites excluding steroid dienone is 3. The molecule has 0 unspecified atom stereocenters. The molecule has 0 aromatic rings. The maximum atomic E-state index is 12.0. The van der Waals surface area contributed by atoms with Gasteiger partial charge in [-0.3, -0.25) is 4.79 Å². The van der Waals surface area contributed by atoms with Crippen molar-refractivity contribution in [3.8, 4) is 0 Å². The van der Waals surface area contributed by atoms with Gasteiger partial charge < -0.3 is 0 Å². The highest BCUT2D eigenvalue weighted by molar-refractivity contribution is 5.97. The van der Waals surface area contributed by atoms with Crippen molar-refractivity contribution in [2.45, 2.75) is 46.5 Å². The van der Waals surface area contributed by atoms with E-state index in [1.807, 2.05) is 0 Å². The summed E-state index contributed by atoms with van der Waals surface area (Å²) in [6.07, 6.45) is 6.12. The van der Waals surface area contributed by atoms with Crippen LogP contribution in [0.2, 0.25) is 0 Å². The Labute approximate surface area is 98.6 Å². The van der Waals surface area contributed by atoms with E-state index in [1.54, 1.807) is 0 Å². The lowest BCUT2D eigenvalue weighted by atomic mass is 9.57. The van der Waals surface area contributed by atoms with Crippen LogP contribution in [0.25, 0.3) is 0 Å². The van der Waals surface area contributed by atoms with Crippen LogP contribution in [0, 0.1) is 17.3 Å². The predicted molar refractivity (Wildman–Crippen MR) is 67.1 cm³/mol. The molecule has 2 rings (SSSR count). The number of Topliss-reactive ketones (excluding diaryl/α,β-unsaturated/α-hetero) is 1. The Morgan fingerprint density at radius 2 is 2.25 bits per heavy atom. The molecular formula is C15H22O. The van der Waals surface area contributed by atoms with Crippen molar-refractivity contribution < 1.29 is 4.79 Å². The van der Waals surface area contributed by atoms with Crippen LogP contribution in [0.4, 0.5) is 0 Å². The number of hydrogen-bond acceptors (Lipinski definition) is 1. The van der Waals surface area contributed by atoms with Gasteiger partial charge in [0.05, 0.1) is 0 Å². The molecule has 3 atom stereocenters. The van der Waals surface area contributed by atoms with Crippen molar-refractivity contribution >= 4 is 5.78 Å². The minimum Gasteiger partial charge on any atom is -0.295 e. The van der Waals surface area contributed by atoms with Crippen molar-refractivity contribution in [1.29, 1.82) is 0 Å². The third-order valence-electron chi connectivity index (χ3n) is 4.78. The second-order valence-corrected chi connectivity index (χ2v) is 5.88. The Morgan fingerprint density at radius 1 is 1.56 bits per heavy atom. The van der Waals surface area contributed by atoms with Gasteiger partial charge in [0.25, 0.3) is 0 Å². The summed E-state index contributed by atoms with van der Waals surface area (Å²) in [5.74, 6) is 1.58. The van der Waals surface area contributed by atoms with Crippen LogP contribution in [0.3, 0.4) is 0 Å². The Bertz CT molecular complexity index is 364. The molecule has 2 aliphatic carbocycles. The standard InChI is InChI=1S/C15H22O/c1-10(2)12-6-7-13-14(16)8-5-11(3)15(13,4)9-12/h7,11-12H,1,5-6,8-9H2,2-4H3/t11-,12-,15-/m1/s1. The maximum Gasteiger partial charge on any atom is 0.159 e. The molecule has 0 bridgehead atoms. The zero-order valence-corrected chi connectivity index (χ0v) is 10.7. The fourth-order valence-electron chi connectivity index (χ4n) is 3.27. The predicted octanol–water partition coefficient (Wildman–Crippen LogP) is 3.90. The number of fused-ring (bicyclic) bond motifs is 1. The van der Waals surface area contributed by atoms with Crippen LogP contribution in [-0.4, -0.2) is 5.78 Å². The molecule has 88 valence electrons. The molecule has 0 aliphatic heterocycles. The minimum absolute atomic E-state index is 0.108. The summed E-state index contributed by atoms with van der Waals surface area (Å²) in [5, 5.41) is 0. The first-order valence-electron chi connectivity index (χ1n) is 6.34. The summed E-state index contributed by atoms with van der Waals surface area (Å²) in [7, 11) is 0. The lowest BCUT2D eigenvalue weighted by Crippen LogP contribution is -2.40. The zero-order valence-electron chi connectivity index (χ0n) is 10.7. The number of ketones is 1. The van der Waals surface area contributed by atoms with E-state index in [9.17, 15) is 4.79 Å². The highest BCUT2D eigenvalue weighted by atomic mass is 16.1. The van der Waals surface area contributed by atoms with Crippen LogP contribution in [0.1, 0.15) is 46.5 Å². The summed E-state index contributed by atoms with van der Waals surface area (Å²) in [4.78, 5) is 12.0. The molecule has 0 aromatic heterocycles. The van der Waals surface area contributed by atoms with E-state index >= 15 is 0 Å². The van der Waals surface area contributed by atoms with Crippen LogP contribution >= 0.6 is 0 Å². The first-order valence-corrected chi connectivity index (χ1v) is 6.34. The van der Waals surface area contributed by atoms with Crippen molar-refractivity contribution in [2.75, 3.05) is 0 Å². The Morgan fingerprint density at radius 3 is 2.88 bits per heavy atom. The highest BCUT2D eigenvalue weighted by Crippen LogP contribution is 2.51. The molecule has 0 saturated heterocycles. The normalized spacial score (nSPS) is 38.9. The topological polar surface area (TPSA) is 17.1 Å². The molecule has 0 radical (unpaired) electrons. The van der Waals surface area contributed by atoms with Crippen LogP contribution in [0.15, 0.2) is 23.8 Å². The van der Waals surface area contributed by atoms with Gasteiger partial charge in [0, 0.05) is 6.42 Å². The second kappa shape index (κ2) is 3.87. The molecule has 0 amide bonds. The molecule has 1 heteroatoms. The second-order valence-electron chi connectivity index (χ2n) is 5.88. The smallest absolute Gasteiger partial charge is 0.159 e. The van der Waals surface area contributed by atoms with Gasteiger partial charge in [-0.1, -0.05) is 32.1 Å². The first-order chi connectivity index (χ1) is 7.45. The Hall–Kier alpha value is -0.850. The highest BCUT2D eigenvalue weighted by Gasteiger charge is 2.44. The summed E-state index contributed by atoms with van der Waals surface area (Å²) in [5.41, 5.74) is 2.49. The van der Waals surface area contributed by atoms with E-state index in [1.165, 1.54) is 5.57 Å². The molecule has 0 spiro atoms. The van der Waals surface area contributed by atoms with Gasteiger partial charge in [-0.15, -0.1) is 0 Å². The van der Waals surface area contributed by atoms with Crippen LogP contribution < -0.4 is 0 Å². The van der Waals surface area contributed by atoms with Crippen LogP contribution in [0.5, 0.6) is 0 Å². The number of carbonyl (C=O) groups is 1. The fourth-order valence-corrected chi connectivity index (χ4v) is 3.27. The third kappa shape index (κ3) is 1.66. The van der Waals surface area contributed by atoms with Crippen LogP contribution in [-0.2, 0) is 4.79 Å². The average molecular weight is 218 g/mol. The van der Waals surface area contributed by atoms with Gasteiger partial charge >= 0.3 is 0 Å². The van der Waals surface area contributed by atoms with Crippen molar-refractivity contribution in [3.63, 3.8) is 0 Å². The minimum atomic E-state index is 0.108. The van der Waals surface area contributed by atoms with E-state index in [0.29, 0.717) is 17.6 Å². The van der Waals surface area contributed by atoms with E-state index < -0.39 is 0 Å². The summed E-state index contributed by atoms with van der Waals surface area (Å²) in [6.45, 7) is 10.8. The Kier molecular flexibility index (Phi) is 2.81. The Balaban J connectivity index is 2.35. The monoisotopic (exact) mass is 218 g/mol. The largest absolute Gasteiger partial charge is 0.295 e. The van der Waals surface area contributed by atoms with E-state index in [4.69, 9.17) is 0 Å². The summed E-state index contributed by atoms with van der Waals surface area (Å²) < 4.78 is 0. The fraction of sp³-hybridized carbons (Fsp3) is 0.667. The van der Waals surface area contributed by atoms with Gasteiger partial charge in [0.1, 0.15) is 0 Å². The van der Waals surface area contributed by atoms with Gasteiger partial charge in [0.15, 0.2) is 5.78 Å². The zero-order chi connectivity index (χ0) is 11.9. The molecule has 16 heavy (non-hydrogen) atoms. The number of hydrogen-bond donors (Lipinski definition) is 0. The maximum absolute atomic E-state index is 12.0. The molecule has 2 aliphatic rings. The number of carbonyl (C=O) groups excluding carboxylic acids is 1. The first kappa shape index (κ1) is 11.6. The molecule has 1 fully saturated rings. The third-order valence-corrected chi connectivity index (χ3v) is 4.78. The lowest BCUT2D eigenvalue weighted by Gasteiger charge is -2.46. The van der Waals surface area contributed by atoms with Gasteiger partial charge in [-0.25, -0.2) is 0 Å². The average Bonchev–Trinajstić information content (AvgIpc) is 2.23. The van der Waals surface area contributed by atoms with E-state index in [2.05, 4.69) is 33.4 Å². The summed E-state index contributed by atoms with van der Waals surface area (Å²) >= 11 is 0. The van der Waals surface area contributed by atoms with Gasteiger partial charge in [-0.05, 0) is 49.0 Å². The number of rotatable bonds is 1. The molecule has 1 nitrogen and oxygen atoms in total. The van der Waals surface area contributed by atoms with Gasteiger partial charge in [-0.2, -0.15) is 0 Å². The molecule has 0 heterocycles. The summed E-state index contributed by atoms with van der Waals surface area (Å²) in [6, 6.07) is 0. The SMILES string of the molecule is C=C(C)[C@@H]1CC=C2C(=O)CC[C@@H](C)[C@@]2(C)C1. The molecule has 0 N–H and O–H groups in total. The van der Waals surface area contributed by atoms with E-state index in [0.717, 1.165) is 31.3 Å². The lowest BCUT2D eigenvalue weighted by molar-refractivity contribution is -0.119. The van der Waals surface area contributed by atoms with Gasteiger partial charge in [0.2, 0.25) is 0 Å². The van der Waals surface area contributed by atoms with Crippen molar-refractivity contribution in [2.24, 2.45) is 17.3 Å². The van der Waals surface area contributed by atoms with Crippen molar-refractivity contribution in [1.82, 2.24) is 0 Å². The molecule has 1 saturated carbocycles.